The number of esters is 2. The maximum absolute atomic E-state index is 11.9. The first-order valence-electron chi connectivity index (χ1n) is 12.2. The van der Waals surface area contributed by atoms with Crippen LogP contribution in [0, 0.1) is 34.5 Å². The van der Waals surface area contributed by atoms with Gasteiger partial charge in [0.25, 0.3) is 0 Å². The van der Waals surface area contributed by atoms with Gasteiger partial charge in [0.1, 0.15) is 11.7 Å². The van der Waals surface area contributed by atoms with Crippen LogP contribution in [0.3, 0.4) is 0 Å². The molecule has 5 rings (SSSR count). The van der Waals surface area contributed by atoms with Crippen LogP contribution in [0.15, 0.2) is 11.6 Å². The van der Waals surface area contributed by atoms with Crippen LogP contribution in [0.2, 0.25) is 0 Å². The molecule has 0 aromatic heterocycles. The molecule has 1 heterocycles. The fourth-order valence-electron chi connectivity index (χ4n) is 8.92. The normalized spacial score (nSPS) is 50.1. The summed E-state index contributed by atoms with van der Waals surface area (Å²) in [4.78, 5) is 23.4. The predicted octanol–water partition coefficient (Wildman–Crippen LogP) is 5.59. The topological polar surface area (TPSA) is 52.6 Å². The molecule has 0 aromatic carbocycles. The molecule has 1 aliphatic heterocycles. The molecule has 0 N–H and O–H groups in total. The van der Waals surface area contributed by atoms with Crippen molar-refractivity contribution in [2.75, 3.05) is 0 Å². The molecule has 1 saturated heterocycles. The van der Waals surface area contributed by atoms with E-state index in [-0.39, 0.29) is 34.5 Å². The summed E-state index contributed by atoms with van der Waals surface area (Å²) in [7, 11) is 0. The van der Waals surface area contributed by atoms with Gasteiger partial charge in [-0.05, 0) is 86.9 Å². The van der Waals surface area contributed by atoms with Gasteiger partial charge in [-0.25, -0.2) is 0 Å². The Kier molecular flexibility index (Phi) is 4.69. The first kappa shape index (κ1) is 20.6. The molecule has 30 heavy (non-hydrogen) atoms. The highest BCUT2D eigenvalue weighted by molar-refractivity contribution is 5.72. The molecular formula is C26H38O4. The summed E-state index contributed by atoms with van der Waals surface area (Å²) in [5.41, 5.74) is 1.85. The molecule has 4 fully saturated rings. The number of hydrogen-bond acceptors (Lipinski definition) is 4. The Balaban J connectivity index is 1.39. The second-order valence-electron chi connectivity index (χ2n) is 11.7. The van der Waals surface area contributed by atoms with E-state index >= 15 is 0 Å². The van der Waals surface area contributed by atoms with Crippen LogP contribution in [0.1, 0.15) is 91.9 Å². The summed E-state index contributed by atoms with van der Waals surface area (Å²) < 4.78 is 11.5. The van der Waals surface area contributed by atoms with Gasteiger partial charge in [-0.3, -0.25) is 9.59 Å². The molecule has 3 saturated carbocycles. The van der Waals surface area contributed by atoms with Gasteiger partial charge in [0, 0.05) is 25.7 Å². The Hall–Kier alpha value is -1.32. The zero-order valence-corrected chi connectivity index (χ0v) is 19.2. The van der Waals surface area contributed by atoms with Gasteiger partial charge in [0.05, 0.1) is 0 Å². The van der Waals surface area contributed by atoms with E-state index in [1.165, 1.54) is 39.0 Å². The highest BCUT2D eigenvalue weighted by atomic mass is 16.6. The molecule has 0 unspecified atom stereocenters. The first-order chi connectivity index (χ1) is 14.2. The predicted molar refractivity (Wildman–Crippen MR) is 114 cm³/mol. The Morgan fingerprint density at radius 3 is 2.57 bits per heavy atom. The zero-order valence-electron chi connectivity index (χ0n) is 19.2. The summed E-state index contributed by atoms with van der Waals surface area (Å²) in [6.45, 7) is 8.75. The summed E-state index contributed by atoms with van der Waals surface area (Å²) in [6, 6.07) is 0. The van der Waals surface area contributed by atoms with Crippen molar-refractivity contribution in [3.63, 3.8) is 0 Å². The van der Waals surface area contributed by atoms with Crippen LogP contribution in [0.5, 0.6) is 0 Å². The summed E-state index contributed by atoms with van der Waals surface area (Å²) in [5, 5.41) is 0. The average molecular weight is 415 g/mol. The number of carbonyl (C=O) groups is 2. The zero-order chi connectivity index (χ0) is 21.3. The Morgan fingerprint density at radius 1 is 1.07 bits per heavy atom. The van der Waals surface area contributed by atoms with Gasteiger partial charge in [0.2, 0.25) is 0 Å². The monoisotopic (exact) mass is 414 g/mol. The van der Waals surface area contributed by atoms with Crippen molar-refractivity contribution < 1.29 is 19.1 Å². The van der Waals surface area contributed by atoms with Crippen LogP contribution >= 0.6 is 0 Å². The van der Waals surface area contributed by atoms with Gasteiger partial charge in [-0.2, -0.15) is 0 Å². The van der Waals surface area contributed by atoms with Crippen LogP contribution in [-0.4, -0.2) is 23.6 Å². The number of carbonyl (C=O) groups excluding carboxylic acids is 2. The fourth-order valence-corrected chi connectivity index (χ4v) is 8.92. The molecule has 0 radical (unpaired) electrons. The third-order valence-electron chi connectivity index (χ3n) is 10.3. The SMILES string of the molecule is CC(=O)O[C@@H]1CC[C@@]2(C)C(=CC[C@H]3[C@@H]4CC[C@H]([C@]5(C)CCC(=O)O5)[C@@]4(C)CC[C@@H]32)C1. The molecule has 0 spiro atoms. The Labute approximate surface area is 181 Å². The minimum Gasteiger partial charge on any atom is -0.462 e. The number of cyclic esters (lactones) is 1. The number of allylic oxidation sites excluding steroid dienone is 1. The Morgan fingerprint density at radius 2 is 1.87 bits per heavy atom. The van der Waals surface area contributed by atoms with E-state index in [9.17, 15) is 9.59 Å². The van der Waals surface area contributed by atoms with Crippen molar-refractivity contribution in [3.8, 4) is 0 Å². The molecule has 8 atom stereocenters. The van der Waals surface area contributed by atoms with E-state index in [1.807, 2.05) is 0 Å². The van der Waals surface area contributed by atoms with Crippen LogP contribution in [0.25, 0.3) is 0 Å². The fraction of sp³-hybridized carbons (Fsp3) is 0.846. The second-order valence-corrected chi connectivity index (χ2v) is 11.7. The van der Waals surface area contributed by atoms with E-state index in [4.69, 9.17) is 9.47 Å². The molecule has 5 aliphatic rings. The molecule has 4 aliphatic carbocycles. The molecule has 0 aromatic rings. The van der Waals surface area contributed by atoms with E-state index in [0.29, 0.717) is 12.3 Å². The van der Waals surface area contributed by atoms with Crippen molar-refractivity contribution in [2.45, 2.75) is 104 Å². The molecule has 0 amide bonds. The van der Waals surface area contributed by atoms with Crippen LogP contribution < -0.4 is 0 Å². The van der Waals surface area contributed by atoms with E-state index in [0.717, 1.165) is 43.4 Å². The average Bonchev–Trinajstić information content (AvgIpc) is 3.21. The number of rotatable bonds is 2. The quantitative estimate of drug-likeness (QED) is 0.436. The highest BCUT2D eigenvalue weighted by Crippen LogP contribution is 2.68. The van der Waals surface area contributed by atoms with Gasteiger partial charge in [-0.15, -0.1) is 0 Å². The van der Waals surface area contributed by atoms with Crippen LogP contribution in [0.4, 0.5) is 0 Å². The Bertz CT molecular complexity index is 786. The maximum Gasteiger partial charge on any atom is 0.306 e. The summed E-state index contributed by atoms with van der Waals surface area (Å²) in [5.74, 6) is 2.57. The number of fused-ring (bicyclic) bond motifs is 5. The standard InChI is InChI=1S/C26H38O4/c1-16(27)29-18-9-12-24(2)17(15-18)5-6-19-20-7-8-22(25(20,3)13-10-21(19)24)26(4)14-11-23(28)30-26/h5,18-22H,6-15H2,1-4H3/t18-,19+,20+,21+,22+,24+,25+,26+/m1/s1. The lowest BCUT2D eigenvalue weighted by molar-refractivity contribution is -0.159. The number of ether oxygens (including phenoxy) is 2. The van der Waals surface area contributed by atoms with Crippen molar-refractivity contribution in [1.82, 2.24) is 0 Å². The second kappa shape index (κ2) is 6.84. The lowest BCUT2D eigenvalue weighted by atomic mass is 9.46. The van der Waals surface area contributed by atoms with E-state index < -0.39 is 0 Å². The maximum atomic E-state index is 11.9. The van der Waals surface area contributed by atoms with Crippen molar-refractivity contribution in [2.24, 2.45) is 34.5 Å². The third kappa shape index (κ3) is 2.92. The van der Waals surface area contributed by atoms with E-state index in [1.54, 1.807) is 5.57 Å². The number of hydrogen-bond donors (Lipinski definition) is 0. The minimum atomic E-state index is -0.255. The highest BCUT2D eigenvalue weighted by Gasteiger charge is 2.63. The van der Waals surface area contributed by atoms with Gasteiger partial charge >= 0.3 is 11.9 Å². The molecule has 4 nitrogen and oxygen atoms in total. The molecule has 4 heteroatoms. The molecule has 0 bridgehead atoms. The van der Waals surface area contributed by atoms with Crippen LogP contribution in [-0.2, 0) is 19.1 Å². The first-order valence-corrected chi connectivity index (χ1v) is 12.2. The largest absolute Gasteiger partial charge is 0.462 e. The van der Waals surface area contributed by atoms with Crippen molar-refractivity contribution in [3.05, 3.63) is 11.6 Å². The third-order valence-corrected chi connectivity index (χ3v) is 10.3. The van der Waals surface area contributed by atoms with Crippen molar-refractivity contribution in [1.29, 1.82) is 0 Å². The molecule has 166 valence electrons. The lowest BCUT2D eigenvalue weighted by Crippen LogP contribution is -2.53. The van der Waals surface area contributed by atoms with Gasteiger partial charge in [-0.1, -0.05) is 25.5 Å². The lowest BCUT2D eigenvalue weighted by Gasteiger charge is -2.59. The minimum absolute atomic E-state index is 0.000489. The van der Waals surface area contributed by atoms with Gasteiger partial charge < -0.3 is 9.47 Å². The van der Waals surface area contributed by atoms with Gasteiger partial charge in [0.15, 0.2) is 0 Å². The summed E-state index contributed by atoms with van der Waals surface area (Å²) in [6.07, 6.45) is 13.3. The smallest absolute Gasteiger partial charge is 0.306 e. The van der Waals surface area contributed by atoms with E-state index in [2.05, 4.69) is 26.8 Å². The summed E-state index contributed by atoms with van der Waals surface area (Å²) >= 11 is 0. The van der Waals surface area contributed by atoms with Crippen molar-refractivity contribution >= 4 is 11.9 Å². The molecular weight excluding hydrogens is 376 g/mol.